The van der Waals surface area contributed by atoms with Crippen molar-refractivity contribution in [3.05, 3.63) is 77.5 Å². The number of hydrogen-bond donors (Lipinski definition) is 1. The number of rotatable bonds is 3. The molecule has 1 aliphatic carbocycles. The van der Waals surface area contributed by atoms with Crippen LogP contribution in [0.2, 0.25) is 0 Å². The number of aliphatic carboxylic acids is 1. The maximum absolute atomic E-state index is 14.0. The van der Waals surface area contributed by atoms with Crippen molar-refractivity contribution in [3.8, 4) is 0 Å². The van der Waals surface area contributed by atoms with Gasteiger partial charge in [0.25, 0.3) is 5.91 Å². The average Bonchev–Trinajstić information content (AvgIpc) is 3.12. The van der Waals surface area contributed by atoms with Gasteiger partial charge in [0.1, 0.15) is 0 Å². The second kappa shape index (κ2) is 7.27. The van der Waals surface area contributed by atoms with E-state index in [1.54, 1.807) is 4.57 Å². The van der Waals surface area contributed by atoms with E-state index in [1.165, 1.54) is 0 Å². The Bertz CT molecular complexity index is 1350. The minimum absolute atomic E-state index is 0.106. The second-order valence-electron chi connectivity index (χ2n) is 8.37. The number of benzene rings is 3. The lowest BCUT2D eigenvalue weighted by Crippen LogP contribution is -2.22. The molecule has 0 spiro atoms. The summed E-state index contributed by atoms with van der Waals surface area (Å²) in [4.78, 5) is 28.0. The van der Waals surface area contributed by atoms with Gasteiger partial charge in [0, 0.05) is 41.8 Å². The summed E-state index contributed by atoms with van der Waals surface area (Å²) in [5.41, 5.74) is 4.11. The Balaban J connectivity index is 1.78. The number of fused-ring (bicyclic) bond motifs is 4. The number of carboxylic acids is 1. The molecule has 5 nitrogen and oxygen atoms in total. The zero-order chi connectivity index (χ0) is 21.7. The SMILES string of the molecule is CN(C)c1ccc(C(=O)n2c3c(c4ccccc42)C(C(=O)O)CCC3)c2ccccc12. The highest BCUT2D eigenvalue weighted by Gasteiger charge is 2.33. The van der Waals surface area contributed by atoms with Crippen LogP contribution in [0.15, 0.2) is 60.7 Å². The summed E-state index contributed by atoms with van der Waals surface area (Å²) in [5, 5.41) is 12.6. The van der Waals surface area contributed by atoms with Crippen molar-refractivity contribution in [3.63, 3.8) is 0 Å². The first-order valence-electron chi connectivity index (χ1n) is 10.6. The highest BCUT2D eigenvalue weighted by Crippen LogP contribution is 2.40. The van der Waals surface area contributed by atoms with Gasteiger partial charge in [0.2, 0.25) is 0 Å². The first-order chi connectivity index (χ1) is 15.0. The molecule has 0 aliphatic heterocycles. The Kier molecular flexibility index (Phi) is 4.54. The summed E-state index contributed by atoms with van der Waals surface area (Å²) >= 11 is 0. The van der Waals surface area contributed by atoms with Crippen LogP contribution in [0.5, 0.6) is 0 Å². The van der Waals surface area contributed by atoms with Crippen molar-refractivity contribution in [1.82, 2.24) is 4.57 Å². The topological polar surface area (TPSA) is 62.5 Å². The molecule has 5 rings (SSSR count). The molecule has 0 amide bonds. The van der Waals surface area contributed by atoms with Crippen LogP contribution in [0.3, 0.4) is 0 Å². The zero-order valence-electron chi connectivity index (χ0n) is 17.6. The van der Waals surface area contributed by atoms with Crippen molar-refractivity contribution in [2.75, 3.05) is 19.0 Å². The van der Waals surface area contributed by atoms with Gasteiger partial charge in [-0.3, -0.25) is 14.2 Å². The summed E-state index contributed by atoms with van der Waals surface area (Å²) in [5.74, 6) is -1.50. The summed E-state index contributed by atoms with van der Waals surface area (Å²) in [6.07, 6.45) is 2.06. The molecular weight excluding hydrogens is 388 g/mol. The molecular formula is C26H24N2O3. The van der Waals surface area contributed by atoms with Gasteiger partial charge in [-0.15, -0.1) is 0 Å². The van der Waals surface area contributed by atoms with Crippen molar-refractivity contribution >= 4 is 39.2 Å². The lowest BCUT2D eigenvalue weighted by atomic mass is 9.85. The zero-order valence-corrected chi connectivity index (χ0v) is 17.6. The molecule has 3 aromatic carbocycles. The van der Waals surface area contributed by atoms with Crippen LogP contribution >= 0.6 is 0 Å². The number of nitrogens with zero attached hydrogens (tertiary/aromatic N) is 2. The highest BCUT2D eigenvalue weighted by molar-refractivity contribution is 6.14. The third kappa shape index (κ3) is 2.92. The molecule has 1 unspecified atom stereocenters. The third-order valence-electron chi connectivity index (χ3n) is 6.39. The van der Waals surface area contributed by atoms with Crippen LogP contribution in [0, 0.1) is 0 Å². The van der Waals surface area contributed by atoms with E-state index in [1.807, 2.05) is 79.7 Å². The highest BCUT2D eigenvalue weighted by atomic mass is 16.4. The molecule has 5 heteroatoms. The van der Waals surface area contributed by atoms with Crippen LogP contribution in [0.1, 0.15) is 40.4 Å². The van der Waals surface area contributed by atoms with Gasteiger partial charge >= 0.3 is 5.97 Å². The fraction of sp³-hybridized carbons (Fsp3) is 0.231. The maximum atomic E-state index is 14.0. The van der Waals surface area contributed by atoms with Gasteiger partial charge in [-0.1, -0.05) is 42.5 Å². The largest absolute Gasteiger partial charge is 0.481 e. The first kappa shape index (κ1) is 19.4. The molecule has 156 valence electrons. The van der Waals surface area contributed by atoms with Crippen molar-refractivity contribution < 1.29 is 14.7 Å². The van der Waals surface area contributed by atoms with E-state index in [2.05, 4.69) is 0 Å². The summed E-state index contributed by atoms with van der Waals surface area (Å²) in [6, 6.07) is 19.5. The fourth-order valence-electron chi connectivity index (χ4n) is 5.03. The van der Waals surface area contributed by atoms with E-state index in [-0.39, 0.29) is 5.91 Å². The quantitative estimate of drug-likeness (QED) is 0.511. The number of carbonyl (C=O) groups is 2. The number of hydrogen-bond acceptors (Lipinski definition) is 3. The maximum Gasteiger partial charge on any atom is 0.311 e. The summed E-state index contributed by atoms with van der Waals surface area (Å²) < 4.78 is 1.76. The third-order valence-corrected chi connectivity index (χ3v) is 6.39. The Hall–Kier alpha value is -3.60. The van der Waals surface area contributed by atoms with Gasteiger partial charge in [-0.05, 0) is 48.4 Å². The standard InChI is InChI=1S/C26H24N2O3/c1-27(2)21-15-14-18(16-8-3-4-9-17(16)21)25(29)28-22-12-6-5-10-19(22)24-20(26(30)31)11-7-13-23(24)28/h3-6,8-10,12,14-15,20H,7,11,13H2,1-2H3,(H,30,31). The lowest BCUT2D eigenvalue weighted by Gasteiger charge is -2.21. The smallest absolute Gasteiger partial charge is 0.311 e. The Morgan fingerprint density at radius 1 is 0.935 bits per heavy atom. The van der Waals surface area contributed by atoms with E-state index in [0.29, 0.717) is 18.4 Å². The molecule has 4 aromatic rings. The van der Waals surface area contributed by atoms with Crippen LogP contribution < -0.4 is 4.90 Å². The molecule has 0 bridgehead atoms. The molecule has 31 heavy (non-hydrogen) atoms. The van der Waals surface area contributed by atoms with E-state index in [0.717, 1.165) is 45.0 Å². The van der Waals surface area contributed by atoms with E-state index in [4.69, 9.17) is 0 Å². The molecule has 0 fully saturated rings. The molecule has 1 aromatic heterocycles. The van der Waals surface area contributed by atoms with Crippen LogP contribution in [0.25, 0.3) is 21.7 Å². The Morgan fingerprint density at radius 2 is 1.61 bits per heavy atom. The van der Waals surface area contributed by atoms with E-state index in [9.17, 15) is 14.7 Å². The van der Waals surface area contributed by atoms with Crippen molar-refractivity contribution in [1.29, 1.82) is 0 Å². The molecule has 0 radical (unpaired) electrons. The monoisotopic (exact) mass is 412 g/mol. The predicted molar refractivity (Wildman–Crippen MR) is 123 cm³/mol. The Morgan fingerprint density at radius 3 is 2.32 bits per heavy atom. The van der Waals surface area contributed by atoms with Crippen LogP contribution in [-0.4, -0.2) is 35.6 Å². The molecule has 1 heterocycles. The van der Waals surface area contributed by atoms with Crippen molar-refractivity contribution in [2.24, 2.45) is 0 Å². The normalized spacial score (nSPS) is 15.7. The molecule has 1 N–H and O–H groups in total. The second-order valence-corrected chi connectivity index (χ2v) is 8.37. The number of anilines is 1. The van der Waals surface area contributed by atoms with Gasteiger partial charge in [0.05, 0.1) is 11.4 Å². The molecule has 1 atom stereocenters. The van der Waals surface area contributed by atoms with E-state index < -0.39 is 11.9 Å². The Labute approximate surface area is 180 Å². The first-order valence-corrected chi connectivity index (χ1v) is 10.6. The van der Waals surface area contributed by atoms with E-state index >= 15 is 0 Å². The number of carboxylic acid groups (broad SMARTS) is 1. The van der Waals surface area contributed by atoms with Crippen LogP contribution in [0.4, 0.5) is 5.69 Å². The van der Waals surface area contributed by atoms with Gasteiger partial charge in [-0.25, -0.2) is 0 Å². The predicted octanol–water partition coefficient (Wildman–Crippen LogP) is 5.05. The molecule has 1 aliphatic rings. The van der Waals surface area contributed by atoms with Crippen LogP contribution in [-0.2, 0) is 11.2 Å². The minimum Gasteiger partial charge on any atom is -0.481 e. The summed E-state index contributed by atoms with van der Waals surface area (Å²) in [6.45, 7) is 0. The molecule has 0 saturated carbocycles. The van der Waals surface area contributed by atoms with Gasteiger partial charge in [0.15, 0.2) is 0 Å². The minimum atomic E-state index is -0.822. The van der Waals surface area contributed by atoms with Gasteiger partial charge in [-0.2, -0.15) is 0 Å². The van der Waals surface area contributed by atoms with Gasteiger partial charge < -0.3 is 10.0 Å². The number of carbonyl (C=O) groups excluding carboxylic acids is 1. The number of para-hydroxylation sites is 1. The molecule has 0 saturated heterocycles. The van der Waals surface area contributed by atoms with Crippen molar-refractivity contribution in [2.45, 2.75) is 25.2 Å². The fourth-order valence-corrected chi connectivity index (χ4v) is 5.03. The summed E-state index contributed by atoms with van der Waals surface area (Å²) in [7, 11) is 3.98. The number of aromatic nitrogens is 1. The lowest BCUT2D eigenvalue weighted by molar-refractivity contribution is -0.139. The average molecular weight is 412 g/mol.